The van der Waals surface area contributed by atoms with Crippen molar-refractivity contribution in [3.63, 3.8) is 0 Å². The minimum atomic E-state index is -0.373. The Morgan fingerprint density at radius 1 is 1.04 bits per heavy atom. The molecule has 0 spiro atoms. The Morgan fingerprint density at radius 2 is 1.80 bits per heavy atom. The Labute approximate surface area is 152 Å². The number of imidazole rings is 1. The van der Waals surface area contributed by atoms with Crippen molar-refractivity contribution < 1.29 is 9.21 Å². The summed E-state index contributed by atoms with van der Waals surface area (Å²) in [6.45, 7) is 0. The van der Waals surface area contributed by atoms with Crippen molar-refractivity contribution >= 4 is 40.6 Å². The Hall–Kier alpha value is -2.76. The molecule has 0 saturated carbocycles. The highest BCUT2D eigenvalue weighted by Crippen LogP contribution is 2.31. The fourth-order valence-electron chi connectivity index (χ4n) is 2.52. The number of amides is 1. The average Bonchev–Trinajstić information content (AvgIpc) is 3.24. The van der Waals surface area contributed by atoms with Gasteiger partial charge in [-0.25, -0.2) is 4.98 Å². The predicted octanol–water partition coefficient (Wildman–Crippen LogP) is 5.15. The lowest BCUT2D eigenvalue weighted by Gasteiger charge is -2.07. The van der Waals surface area contributed by atoms with Gasteiger partial charge < -0.3 is 9.73 Å². The van der Waals surface area contributed by atoms with Gasteiger partial charge in [-0.05, 0) is 36.4 Å². The van der Waals surface area contributed by atoms with E-state index in [2.05, 4.69) is 10.3 Å². The van der Waals surface area contributed by atoms with E-state index in [1.807, 2.05) is 12.1 Å². The molecular weight excluding hydrogens is 361 g/mol. The molecule has 1 N–H and O–H groups in total. The summed E-state index contributed by atoms with van der Waals surface area (Å²) in [6, 6.07) is 14.0. The molecule has 7 heteroatoms. The number of nitrogens with one attached hydrogen (secondary N) is 1. The molecule has 1 aromatic carbocycles. The van der Waals surface area contributed by atoms with Crippen molar-refractivity contribution in [3.8, 4) is 11.3 Å². The van der Waals surface area contributed by atoms with Crippen LogP contribution in [0.1, 0.15) is 10.6 Å². The van der Waals surface area contributed by atoms with Gasteiger partial charge in [0.2, 0.25) is 0 Å². The molecular formula is C18H11Cl2N3O2. The summed E-state index contributed by atoms with van der Waals surface area (Å²) in [5.74, 6) is 0.335. The Bertz CT molecular complexity index is 1050. The van der Waals surface area contributed by atoms with Gasteiger partial charge in [0.05, 0.1) is 11.3 Å². The van der Waals surface area contributed by atoms with Crippen molar-refractivity contribution in [3.05, 3.63) is 76.8 Å². The third kappa shape index (κ3) is 2.99. The molecule has 0 unspecified atom stereocenters. The number of pyridine rings is 1. The fraction of sp³-hybridized carbons (Fsp3) is 0. The number of carbonyl (C=O) groups excluding carboxylic acids is 1. The van der Waals surface area contributed by atoms with Crippen LogP contribution in [0.3, 0.4) is 0 Å². The Balaban J connectivity index is 1.86. The summed E-state index contributed by atoms with van der Waals surface area (Å²) < 4.78 is 6.89. The smallest absolute Gasteiger partial charge is 0.292 e. The third-order valence-electron chi connectivity index (χ3n) is 3.68. The molecule has 0 aliphatic carbocycles. The maximum Gasteiger partial charge on any atom is 0.292 e. The van der Waals surface area contributed by atoms with Gasteiger partial charge in [-0.3, -0.25) is 9.20 Å². The number of rotatable bonds is 3. The molecule has 5 nitrogen and oxygen atoms in total. The number of fused-ring (bicyclic) bond motifs is 1. The van der Waals surface area contributed by atoms with E-state index in [4.69, 9.17) is 27.6 Å². The first-order valence-electron chi connectivity index (χ1n) is 7.40. The van der Waals surface area contributed by atoms with Gasteiger partial charge in [-0.2, -0.15) is 0 Å². The number of hydrogen-bond acceptors (Lipinski definition) is 3. The average molecular weight is 372 g/mol. The summed E-state index contributed by atoms with van der Waals surface area (Å²) in [5, 5.41) is 4.00. The summed E-state index contributed by atoms with van der Waals surface area (Å²) in [4.78, 5) is 17.0. The van der Waals surface area contributed by atoms with Crippen molar-refractivity contribution in [1.29, 1.82) is 0 Å². The van der Waals surface area contributed by atoms with E-state index in [1.165, 1.54) is 6.26 Å². The lowest BCUT2D eigenvalue weighted by atomic mass is 10.1. The maximum atomic E-state index is 12.4. The molecule has 1 amide bonds. The molecule has 0 bridgehead atoms. The predicted molar refractivity (Wildman–Crippen MR) is 97.3 cm³/mol. The van der Waals surface area contributed by atoms with E-state index in [9.17, 15) is 4.79 Å². The second-order valence-electron chi connectivity index (χ2n) is 5.32. The van der Waals surface area contributed by atoms with Gasteiger partial charge in [-0.15, -0.1) is 0 Å². The molecule has 25 heavy (non-hydrogen) atoms. The molecule has 3 aromatic heterocycles. The van der Waals surface area contributed by atoms with E-state index in [-0.39, 0.29) is 11.7 Å². The Morgan fingerprint density at radius 3 is 2.52 bits per heavy atom. The van der Waals surface area contributed by atoms with Crippen LogP contribution in [0, 0.1) is 0 Å². The van der Waals surface area contributed by atoms with E-state index >= 15 is 0 Å². The van der Waals surface area contributed by atoms with Gasteiger partial charge in [0.15, 0.2) is 5.76 Å². The number of anilines is 1. The molecule has 4 rings (SSSR count). The highest BCUT2D eigenvalue weighted by molar-refractivity contribution is 6.31. The van der Waals surface area contributed by atoms with Crippen molar-refractivity contribution in [2.24, 2.45) is 0 Å². The molecule has 0 fully saturated rings. The van der Waals surface area contributed by atoms with Gasteiger partial charge in [0.1, 0.15) is 17.2 Å². The zero-order valence-electron chi connectivity index (χ0n) is 12.7. The topological polar surface area (TPSA) is 59.5 Å². The van der Waals surface area contributed by atoms with Gasteiger partial charge >= 0.3 is 0 Å². The van der Waals surface area contributed by atoms with Gasteiger partial charge in [-0.1, -0.05) is 35.3 Å². The summed E-state index contributed by atoms with van der Waals surface area (Å²) in [6.07, 6.45) is 3.14. The van der Waals surface area contributed by atoms with Crippen LogP contribution in [0.15, 0.2) is 65.4 Å². The highest BCUT2D eigenvalue weighted by Gasteiger charge is 2.18. The van der Waals surface area contributed by atoms with Gasteiger partial charge in [0.25, 0.3) is 5.91 Å². The van der Waals surface area contributed by atoms with Crippen molar-refractivity contribution in [2.75, 3.05) is 5.32 Å². The zero-order chi connectivity index (χ0) is 17.4. The number of halogens is 2. The normalized spacial score (nSPS) is 11.0. The zero-order valence-corrected chi connectivity index (χ0v) is 14.3. The van der Waals surface area contributed by atoms with Crippen molar-refractivity contribution in [2.45, 2.75) is 0 Å². The van der Waals surface area contributed by atoms with Crippen LogP contribution in [0.5, 0.6) is 0 Å². The lowest BCUT2D eigenvalue weighted by Crippen LogP contribution is -2.13. The molecule has 124 valence electrons. The first-order chi connectivity index (χ1) is 12.1. The van der Waals surface area contributed by atoms with Crippen LogP contribution < -0.4 is 5.32 Å². The van der Waals surface area contributed by atoms with E-state index < -0.39 is 0 Å². The number of furan rings is 1. The van der Waals surface area contributed by atoms with Crippen LogP contribution in [0.2, 0.25) is 10.0 Å². The Kier molecular flexibility index (Phi) is 3.95. The SMILES string of the molecule is O=C(Nc1c(-c2ccc(Cl)cc2)nc2ccc(Cl)cn12)c1ccco1. The maximum absolute atomic E-state index is 12.4. The summed E-state index contributed by atoms with van der Waals surface area (Å²) in [7, 11) is 0. The number of aromatic nitrogens is 2. The minimum absolute atomic E-state index is 0.207. The minimum Gasteiger partial charge on any atom is -0.459 e. The number of nitrogens with zero attached hydrogens (tertiary/aromatic N) is 2. The van der Waals surface area contributed by atoms with E-state index in [0.717, 1.165) is 5.56 Å². The molecule has 0 aliphatic rings. The fourth-order valence-corrected chi connectivity index (χ4v) is 2.81. The number of hydrogen-bond donors (Lipinski definition) is 1. The third-order valence-corrected chi connectivity index (χ3v) is 4.15. The van der Waals surface area contributed by atoms with Crippen molar-refractivity contribution in [1.82, 2.24) is 9.38 Å². The molecule has 3 heterocycles. The molecule has 0 aliphatic heterocycles. The monoisotopic (exact) mass is 371 g/mol. The largest absolute Gasteiger partial charge is 0.459 e. The lowest BCUT2D eigenvalue weighted by molar-refractivity contribution is 0.0996. The summed E-state index contributed by atoms with van der Waals surface area (Å²) >= 11 is 12.1. The second-order valence-corrected chi connectivity index (χ2v) is 6.20. The standard InChI is InChI=1S/C18H11Cl2N3O2/c19-12-5-3-11(4-6-12)16-17(22-18(24)14-2-1-9-25-14)23-10-13(20)7-8-15(23)21-16/h1-10H,(H,22,24). The molecule has 4 aromatic rings. The number of carbonyl (C=O) groups is 1. The van der Waals surface area contributed by atoms with Crippen LogP contribution in [0.25, 0.3) is 16.9 Å². The first kappa shape index (κ1) is 15.7. The van der Waals surface area contributed by atoms with Crippen LogP contribution in [0.4, 0.5) is 5.82 Å². The molecule has 0 saturated heterocycles. The second kappa shape index (κ2) is 6.27. The number of benzene rings is 1. The molecule has 0 atom stereocenters. The van der Waals surface area contributed by atoms with E-state index in [0.29, 0.717) is 27.2 Å². The van der Waals surface area contributed by atoms with E-state index in [1.54, 1.807) is 47.0 Å². The van der Waals surface area contributed by atoms with Crippen LogP contribution >= 0.6 is 23.2 Å². The van der Waals surface area contributed by atoms with Crippen LogP contribution in [-0.4, -0.2) is 15.3 Å². The molecule has 0 radical (unpaired) electrons. The highest BCUT2D eigenvalue weighted by atomic mass is 35.5. The first-order valence-corrected chi connectivity index (χ1v) is 8.16. The van der Waals surface area contributed by atoms with Gasteiger partial charge in [0, 0.05) is 16.8 Å². The quantitative estimate of drug-likeness (QED) is 0.541. The summed E-state index contributed by atoms with van der Waals surface area (Å²) in [5.41, 5.74) is 2.09. The van der Waals surface area contributed by atoms with Crippen LogP contribution in [-0.2, 0) is 0 Å².